The van der Waals surface area contributed by atoms with Crippen LogP contribution in [0, 0.1) is 5.82 Å². The predicted octanol–water partition coefficient (Wildman–Crippen LogP) is 1.33. The van der Waals surface area contributed by atoms with Gasteiger partial charge in [0.2, 0.25) is 0 Å². The van der Waals surface area contributed by atoms with Crippen molar-refractivity contribution in [1.29, 1.82) is 0 Å². The third-order valence-electron chi connectivity index (χ3n) is 2.27. The van der Waals surface area contributed by atoms with Gasteiger partial charge in [-0.1, -0.05) is 18.2 Å². The van der Waals surface area contributed by atoms with Gasteiger partial charge in [0.1, 0.15) is 12.0 Å². The molecule has 0 bridgehead atoms. The summed E-state index contributed by atoms with van der Waals surface area (Å²) in [7, 11) is 0. The molecule has 14 heavy (non-hydrogen) atoms. The lowest BCUT2D eigenvalue weighted by Crippen LogP contribution is -2.45. The normalized spacial score (nSPS) is 17.5. The molecule has 0 amide bonds. The van der Waals surface area contributed by atoms with Gasteiger partial charge in [-0.2, -0.15) is 0 Å². The Bertz CT molecular complexity index is 315. The fourth-order valence-electron chi connectivity index (χ4n) is 1.26. The van der Waals surface area contributed by atoms with Gasteiger partial charge < -0.3 is 10.8 Å². The SMILES string of the molecule is C[C@](N)(c1ccccc1F)[C@@H](F)CO. The van der Waals surface area contributed by atoms with Gasteiger partial charge in [0, 0.05) is 5.56 Å². The van der Waals surface area contributed by atoms with E-state index in [2.05, 4.69) is 0 Å². The predicted molar refractivity (Wildman–Crippen MR) is 49.9 cm³/mol. The summed E-state index contributed by atoms with van der Waals surface area (Å²) in [5.41, 5.74) is 4.19. The summed E-state index contributed by atoms with van der Waals surface area (Å²) in [4.78, 5) is 0. The largest absolute Gasteiger partial charge is 0.393 e. The second-order valence-corrected chi connectivity index (χ2v) is 3.41. The Kier molecular flexibility index (Phi) is 3.18. The van der Waals surface area contributed by atoms with Gasteiger partial charge in [0.15, 0.2) is 0 Å². The molecule has 0 radical (unpaired) electrons. The Morgan fingerprint density at radius 1 is 1.50 bits per heavy atom. The lowest BCUT2D eigenvalue weighted by Gasteiger charge is -2.28. The van der Waals surface area contributed by atoms with Crippen LogP contribution >= 0.6 is 0 Å². The lowest BCUT2D eigenvalue weighted by molar-refractivity contribution is 0.111. The van der Waals surface area contributed by atoms with Crippen molar-refractivity contribution in [2.45, 2.75) is 18.6 Å². The molecular weight excluding hydrogens is 188 g/mol. The number of benzene rings is 1. The fraction of sp³-hybridized carbons (Fsp3) is 0.400. The summed E-state index contributed by atoms with van der Waals surface area (Å²) < 4.78 is 26.5. The molecule has 1 aromatic rings. The number of hydrogen-bond donors (Lipinski definition) is 2. The maximum atomic E-state index is 13.3. The molecule has 0 spiro atoms. The molecule has 2 atom stereocenters. The maximum Gasteiger partial charge on any atom is 0.145 e. The Labute approximate surface area is 81.4 Å². The monoisotopic (exact) mass is 201 g/mol. The van der Waals surface area contributed by atoms with Crippen LogP contribution in [-0.2, 0) is 5.54 Å². The molecule has 0 aliphatic carbocycles. The zero-order valence-corrected chi connectivity index (χ0v) is 7.87. The lowest BCUT2D eigenvalue weighted by atomic mass is 9.88. The number of aliphatic hydroxyl groups is 1. The zero-order valence-electron chi connectivity index (χ0n) is 7.87. The van der Waals surface area contributed by atoms with Gasteiger partial charge in [-0.25, -0.2) is 8.78 Å². The van der Waals surface area contributed by atoms with E-state index in [-0.39, 0.29) is 5.56 Å². The van der Waals surface area contributed by atoms with Crippen molar-refractivity contribution in [2.75, 3.05) is 6.61 Å². The number of rotatable bonds is 3. The van der Waals surface area contributed by atoms with Gasteiger partial charge in [-0.3, -0.25) is 0 Å². The molecule has 3 N–H and O–H groups in total. The molecule has 0 aliphatic heterocycles. The van der Waals surface area contributed by atoms with Crippen LogP contribution in [0.2, 0.25) is 0 Å². The Balaban J connectivity index is 3.09. The van der Waals surface area contributed by atoms with Crippen LogP contribution in [0.3, 0.4) is 0 Å². The second-order valence-electron chi connectivity index (χ2n) is 3.41. The first-order chi connectivity index (χ1) is 6.50. The minimum absolute atomic E-state index is 0.0709. The minimum atomic E-state index is -1.68. The van der Waals surface area contributed by atoms with Gasteiger partial charge in [0.25, 0.3) is 0 Å². The number of hydrogen-bond acceptors (Lipinski definition) is 2. The van der Waals surface area contributed by atoms with E-state index in [1.165, 1.54) is 25.1 Å². The first kappa shape index (κ1) is 11.1. The van der Waals surface area contributed by atoms with Crippen LogP contribution in [0.1, 0.15) is 12.5 Å². The van der Waals surface area contributed by atoms with E-state index in [1.807, 2.05) is 0 Å². The second kappa shape index (κ2) is 4.02. The molecule has 0 aromatic heterocycles. The van der Waals surface area contributed by atoms with Crippen molar-refractivity contribution >= 4 is 0 Å². The average molecular weight is 201 g/mol. The molecule has 0 saturated carbocycles. The van der Waals surface area contributed by atoms with Gasteiger partial charge in [-0.05, 0) is 13.0 Å². The number of halogens is 2. The van der Waals surface area contributed by atoms with E-state index in [0.717, 1.165) is 0 Å². The van der Waals surface area contributed by atoms with Crippen LogP contribution in [0.15, 0.2) is 24.3 Å². The highest BCUT2D eigenvalue weighted by molar-refractivity contribution is 5.26. The third-order valence-corrected chi connectivity index (χ3v) is 2.27. The number of aliphatic hydroxyl groups excluding tert-OH is 1. The van der Waals surface area contributed by atoms with Gasteiger partial charge in [-0.15, -0.1) is 0 Å². The van der Waals surface area contributed by atoms with Crippen molar-refractivity contribution in [1.82, 2.24) is 0 Å². The van der Waals surface area contributed by atoms with Crippen molar-refractivity contribution < 1.29 is 13.9 Å². The molecule has 78 valence electrons. The molecule has 1 aromatic carbocycles. The molecule has 0 unspecified atom stereocenters. The van der Waals surface area contributed by atoms with Crippen molar-refractivity contribution in [3.8, 4) is 0 Å². The summed E-state index contributed by atoms with van der Waals surface area (Å²) in [5.74, 6) is -0.561. The molecule has 0 saturated heterocycles. The maximum absolute atomic E-state index is 13.3. The first-order valence-electron chi connectivity index (χ1n) is 4.29. The van der Waals surface area contributed by atoms with E-state index in [9.17, 15) is 8.78 Å². The van der Waals surface area contributed by atoms with E-state index in [1.54, 1.807) is 6.07 Å². The van der Waals surface area contributed by atoms with Gasteiger partial charge >= 0.3 is 0 Å². The molecule has 0 aliphatic rings. The molecule has 0 fully saturated rings. The highest BCUT2D eigenvalue weighted by Gasteiger charge is 2.33. The number of nitrogens with two attached hydrogens (primary N) is 1. The van der Waals surface area contributed by atoms with Crippen LogP contribution < -0.4 is 5.73 Å². The third kappa shape index (κ3) is 1.91. The van der Waals surface area contributed by atoms with Crippen LogP contribution in [0.4, 0.5) is 8.78 Å². The van der Waals surface area contributed by atoms with Crippen molar-refractivity contribution in [3.63, 3.8) is 0 Å². The van der Waals surface area contributed by atoms with Gasteiger partial charge in [0.05, 0.1) is 12.1 Å². The van der Waals surface area contributed by atoms with Crippen molar-refractivity contribution in [2.24, 2.45) is 5.73 Å². The first-order valence-corrected chi connectivity index (χ1v) is 4.29. The summed E-state index contributed by atoms with van der Waals surface area (Å²) >= 11 is 0. The van der Waals surface area contributed by atoms with E-state index in [0.29, 0.717) is 0 Å². The van der Waals surface area contributed by atoms with E-state index < -0.39 is 24.1 Å². The number of alkyl halides is 1. The quantitative estimate of drug-likeness (QED) is 0.775. The standard InChI is InChI=1S/C10H13F2NO/c1-10(13,9(12)6-14)7-4-2-3-5-8(7)11/h2-5,9,14H,6,13H2,1H3/t9-,10-/m0/s1. The Morgan fingerprint density at radius 3 is 2.57 bits per heavy atom. The molecule has 2 nitrogen and oxygen atoms in total. The zero-order chi connectivity index (χ0) is 10.8. The molecule has 1 rings (SSSR count). The highest BCUT2D eigenvalue weighted by atomic mass is 19.1. The van der Waals surface area contributed by atoms with Crippen molar-refractivity contribution in [3.05, 3.63) is 35.6 Å². The Morgan fingerprint density at radius 2 is 2.07 bits per heavy atom. The highest BCUT2D eigenvalue weighted by Crippen LogP contribution is 2.25. The Hall–Kier alpha value is -1.00. The summed E-state index contributed by atoms with van der Waals surface area (Å²) in [6, 6.07) is 5.71. The van der Waals surface area contributed by atoms with Crippen LogP contribution in [-0.4, -0.2) is 17.9 Å². The summed E-state index contributed by atoms with van der Waals surface area (Å²) in [5, 5.41) is 8.65. The molecule has 4 heteroatoms. The average Bonchev–Trinajstić information content (AvgIpc) is 2.17. The summed E-state index contributed by atoms with van der Waals surface area (Å²) in [6.07, 6.45) is -1.68. The van der Waals surface area contributed by atoms with Crippen LogP contribution in [0.25, 0.3) is 0 Å². The fourth-order valence-corrected chi connectivity index (χ4v) is 1.26. The van der Waals surface area contributed by atoms with Crippen LogP contribution in [0.5, 0.6) is 0 Å². The van der Waals surface area contributed by atoms with E-state index in [4.69, 9.17) is 10.8 Å². The summed E-state index contributed by atoms with van der Waals surface area (Å²) in [6.45, 7) is 0.633. The topological polar surface area (TPSA) is 46.2 Å². The molecule has 0 heterocycles. The minimum Gasteiger partial charge on any atom is -0.393 e. The van der Waals surface area contributed by atoms with E-state index >= 15 is 0 Å². The molecular formula is C10H13F2NO. The smallest absolute Gasteiger partial charge is 0.145 e.